The Morgan fingerprint density at radius 2 is 1.71 bits per heavy atom. The number of nitrogens with one attached hydrogen (secondary N) is 2. The number of benzene rings is 2. The summed E-state index contributed by atoms with van der Waals surface area (Å²) in [6, 6.07) is 14.5. The molecular weight excluding hydrogens is 373 g/mol. The topological polar surface area (TPSA) is 78.4 Å². The molecule has 0 radical (unpaired) electrons. The van der Waals surface area contributed by atoms with E-state index in [9.17, 15) is 18.0 Å². The van der Waals surface area contributed by atoms with Gasteiger partial charge in [-0.3, -0.25) is 4.79 Å². The fraction of sp³-hybridized carbons (Fsp3) is 0.300. The molecule has 1 heterocycles. The number of carbonyl (C=O) groups is 2. The van der Waals surface area contributed by atoms with E-state index in [-0.39, 0.29) is 11.8 Å². The molecule has 2 aromatic rings. The van der Waals surface area contributed by atoms with Crippen LogP contribution in [-0.2, 0) is 29.1 Å². The number of carboxylic acids is 1. The van der Waals surface area contributed by atoms with Gasteiger partial charge in [0, 0.05) is 18.8 Å². The molecule has 1 atom stereocenters. The summed E-state index contributed by atoms with van der Waals surface area (Å²) >= 11 is 0. The number of amides is 1. The van der Waals surface area contributed by atoms with Crippen LogP contribution in [0.3, 0.4) is 0 Å². The SMILES string of the molecule is O=C(Nc1ccc2c(c1)CNC2)C1CCc2ccccc21.O=C(O)C(F)(F)F. The van der Waals surface area contributed by atoms with Crippen molar-refractivity contribution in [3.05, 3.63) is 64.7 Å². The minimum Gasteiger partial charge on any atom is -0.475 e. The molecule has 2 aliphatic rings. The fourth-order valence-corrected chi connectivity index (χ4v) is 3.43. The van der Waals surface area contributed by atoms with Gasteiger partial charge in [-0.15, -0.1) is 0 Å². The summed E-state index contributed by atoms with van der Waals surface area (Å²) in [5.41, 5.74) is 6.04. The number of fused-ring (bicyclic) bond motifs is 2. The second-order valence-electron chi connectivity index (χ2n) is 6.67. The van der Waals surface area contributed by atoms with Gasteiger partial charge in [0.05, 0.1) is 5.92 Å². The quantitative estimate of drug-likeness (QED) is 0.730. The van der Waals surface area contributed by atoms with Crippen LogP contribution in [0.25, 0.3) is 0 Å². The molecule has 1 aliphatic heterocycles. The third kappa shape index (κ3) is 4.51. The zero-order chi connectivity index (χ0) is 20.3. The number of aliphatic carboxylic acids is 1. The largest absolute Gasteiger partial charge is 0.490 e. The van der Waals surface area contributed by atoms with Gasteiger partial charge in [-0.25, -0.2) is 4.79 Å². The lowest BCUT2D eigenvalue weighted by Gasteiger charge is -2.13. The number of alkyl halides is 3. The molecule has 1 aliphatic carbocycles. The van der Waals surface area contributed by atoms with Gasteiger partial charge in [-0.2, -0.15) is 13.2 Å². The Kier molecular flexibility index (Phi) is 5.69. The van der Waals surface area contributed by atoms with Crippen LogP contribution in [0.2, 0.25) is 0 Å². The molecule has 0 fully saturated rings. The third-order valence-corrected chi connectivity index (χ3v) is 4.80. The Morgan fingerprint density at radius 1 is 1.04 bits per heavy atom. The van der Waals surface area contributed by atoms with Gasteiger partial charge in [0.1, 0.15) is 0 Å². The van der Waals surface area contributed by atoms with Crippen LogP contribution in [-0.4, -0.2) is 23.2 Å². The minimum atomic E-state index is -5.08. The predicted octanol–water partition coefficient (Wildman–Crippen LogP) is 3.59. The molecular formula is C20H19F3N2O3. The Labute approximate surface area is 159 Å². The van der Waals surface area contributed by atoms with Crippen LogP contribution in [0, 0.1) is 0 Å². The first-order valence-electron chi connectivity index (χ1n) is 8.77. The molecule has 8 heteroatoms. The number of carboxylic acid groups (broad SMARTS) is 1. The summed E-state index contributed by atoms with van der Waals surface area (Å²) in [4.78, 5) is 21.4. The lowest BCUT2D eigenvalue weighted by molar-refractivity contribution is -0.192. The van der Waals surface area contributed by atoms with Crippen LogP contribution in [0.1, 0.15) is 34.6 Å². The predicted molar refractivity (Wildman–Crippen MR) is 96.8 cm³/mol. The number of rotatable bonds is 2. The zero-order valence-corrected chi connectivity index (χ0v) is 14.8. The van der Waals surface area contributed by atoms with Gasteiger partial charge < -0.3 is 15.7 Å². The maximum absolute atomic E-state index is 12.6. The highest BCUT2D eigenvalue weighted by atomic mass is 19.4. The highest BCUT2D eigenvalue weighted by Gasteiger charge is 2.38. The van der Waals surface area contributed by atoms with E-state index in [4.69, 9.17) is 9.90 Å². The van der Waals surface area contributed by atoms with Crippen molar-refractivity contribution in [3.63, 3.8) is 0 Å². The van der Waals surface area contributed by atoms with Crippen molar-refractivity contribution >= 4 is 17.6 Å². The molecule has 1 amide bonds. The number of anilines is 1. The van der Waals surface area contributed by atoms with Crippen LogP contribution in [0.4, 0.5) is 18.9 Å². The van der Waals surface area contributed by atoms with E-state index in [0.717, 1.165) is 31.6 Å². The lowest BCUT2D eigenvalue weighted by atomic mass is 10.0. The van der Waals surface area contributed by atoms with E-state index in [0.29, 0.717) is 0 Å². The van der Waals surface area contributed by atoms with Crippen molar-refractivity contribution in [1.82, 2.24) is 5.32 Å². The van der Waals surface area contributed by atoms with Gasteiger partial charge in [0.15, 0.2) is 0 Å². The summed E-state index contributed by atoms with van der Waals surface area (Å²) in [5, 5.41) is 13.5. The van der Waals surface area contributed by atoms with E-state index in [2.05, 4.69) is 34.9 Å². The molecule has 3 N–H and O–H groups in total. The second-order valence-corrected chi connectivity index (χ2v) is 6.67. The molecule has 0 aromatic heterocycles. The highest BCUT2D eigenvalue weighted by Crippen LogP contribution is 2.34. The summed E-state index contributed by atoms with van der Waals surface area (Å²) in [6.45, 7) is 1.82. The van der Waals surface area contributed by atoms with E-state index in [1.807, 2.05) is 18.2 Å². The first kappa shape index (κ1) is 19.9. The summed E-state index contributed by atoms with van der Waals surface area (Å²) < 4.78 is 31.7. The molecule has 0 spiro atoms. The zero-order valence-electron chi connectivity index (χ0n) is 14.8. The van der Waals surface area contributed by atoms with Gasteiger partial charge in [0.25, 0.3) is 0 Å². The summed E-state index contributed by atoms with van der Waals surface area (Å²) in [6.07, 6.45) is -3.17. The number of hydrogen-bond acceptors (Lipinski definition) is 3. The number of halogens is 3. The van der Waals surface area contributed by atoms with Gasteiger partial charge in [-0.1, -0.05) is 30.3 Å². The van der Waals surface area contributed by atoms with Crippen LogP contribution in [0.15, 0.2) is 42.5 Å². The normalized spacial score (nSPS) is 17.2. The summed E-state index contributed by atoms with van der Waals surface area (Å²) in [5.74, 6) is -2.65. The molecule has 5 nitrogen and oxygen atoms in total. The van der Waals surface area contributed by atoms with Gasteiger partial charge >= 0.3 is 12.1 Å². The molecule has 0 saturated heterocycles. The van der Waals surface area contributed by atoms with Crippen molar-refractivity contribution in [1.29, 1.82) is 0 Å². The monoisotopic (exact) mass is 392 g/mol. The van der Waals surface area contributed by atoms with E-state index >= 15 is 0 Å². The van der Waals surface area contributed by atoms with E-state index in [1.165, 1.54) is 22.3 Å². The highest BCUT2D eigenvalue weighted by molar-refractivity contribution is 5.96. The molecule has 148 valence electrons. The van der Waals surface area contributed by atoms with Crippen LogP contribution >= 0.6 is 0 Å². The number of carbonyl (C=O) groups excluding carboxylic acids is 1. The van der Waals surface area contributed by atoms with Crippen LogP contribution in [0.5, 0.6) is 0 Å². The van der Waals surface area contributed by atoms with Crippen LogP contribution < -0.4 is 10.6 Å². The molecule has 0 saturated carbocycles. The van der Waals surface area contributed by atoms with Gasteiger partial charge in [-0.05, 0) is 47.2 Å². The fourth-order valence-electron chi connectivity index (χ4n) is 3.43. The lowest BCUT2D eigenvalue weighted by Crippen LogP contribution is -2.21. The minimum absolute atomic E-state index is 0.00687. The molecule has 2 aromatic carbocycles. The summed E-state index contributed by atoms with van der Waals surface area (Å²) in [7, 11) is 0. The van der Waals surface area contributed by atoms with Crippen molar-refractivity contribution < 1.29 is 27.9 Å². The van der Waals surface area contributed by atoms with E-state index < -0.39 is 12.1 Å². The first-order valence-corrected chi connectivity index (χ1v) is 8.77. The van der Waals surface area contributed by atoms with E-state index in [1.54, 1.807) is 0 Å². The van der Waals surface area contributed by atoms with Crippen molar-refractivity contribution in [3.8, 4) is 0 Å². The molecule has 0 bridgehead atoms. The maximum Gasteiger partial charge on any atom is 0.490 e. The van der Waals surface area contributed by atoms with Crippen molar-refractivity contribution in [2.45, 2.75) is 38.0 Å². The standard InChI is InChI=1S/C18H18N2O.C2HF3O2/c21-18(17-8-6-12-3-1-2-4-16(12)17)20-15-7-5-13-10-19-11-14(13)9-15;3-2(4,5)1(6)7/h1-5,7,9,17,19H,6,8,10-11H2,(H,20,21);(H,6,7). The first-order chi connectivity index (χ1) is 13.3. The second kappa shape index (κ2) is 8.02. The Bertz CT molecular complexity index is 897. The Morgan fingerprint density at radius 3 is 2.43 bits per heavy atom. The smallest absolute Gasteiger partial charge is 0.475 e. The Hall–Kier alpha value is -2.87. The van der Waals surface area contributed by atoms with Gasteiger partial charge in [0.2, 0.25) is 5.91 Å². The number of hydrogen-bond donors (Lipinski definition) is 3. The average molecular weight is 392 g/mol. The van der Waals surface area contributed by atoms with Crippen molar-refractivity contribution in [2.24, 2.45) is 0 Å². The molecule has 1 unspecified atom stereocenters. The number of aryl methyl sites for hydroxylation is 1. The third-order valence-electron chi connectivity index (χ3n) is 4.80. The van der Waals surface area contributed by atoms with Crippen molar-refractivity contribution in [2.75, 3.05) is 5.32 Å². The average Bonchev–Trinajstić information content (AvgIpc) is 3.27. The Balaban J connectivity index is 0.000000279. The molecule has 4 rings (SSSR count). The maximum atomic E-state index is 12.6. The molecule has 28 heavy (non-hydrogen) atoms.